The molecule has 0 unspecified atom stereocenters. The van der Waals surface area contributed by atoms with E-state index in [0.29, 0.717) is 20.7 Å². The van der Waals surface area contributed by atoms with Gasteiger partial charge in [0.1, 0.15) is 11.6 Å². The van der Waals surface area contributed by atoms with E-state index in [0.717, 1.165) is 23.8 Å². The summed E-state index contributed by atoms with van der Waals surface area (Å²) >= 11 is 5.77. The van der Waals surface area contributed by atoms with Gasteiger partial charge in [-0.3, -0.25) is 4.79 Å². The number of rotatable bonds is 4. The van der Waals surface area contributed by atoms with Gasteiger partial charge in [-0.1, -0.05) is 41.9 Å². The molecule has 152 valence electrons. The van der Waals surface area contributed by atoms with Crippen molar-refractivity contribution in [1.82, 2.24) is 3.97 Å². The molecule has 0 spiro atoms. The van der Waals surface area contributed by atoms with Crippen molar-refractivity contribution in [3.8, 4) is 16.9 Å². The average molecular weight is 444 g/mol. The number of aromatic nitrogens is 1. The number of ether oxygens (including phenoxy) is 1. The summed E-state index contributed by atoms with van der Waals surface area (Å²) in [5.41, 5.74) is 0.734. The van der Waals surface area contributed by atoms with Crippen molar-refractivity contribution >= 4 is 32.5 Å². The third-order valence-electron chi connectivity index (χ3n) is 4.70. The minimum Gasteiger partial charge on any atom is -0.497 e. The fourth-order valence-electron chi connectivity index (χ4n) is 3.26. The molecule has 4 aromatic rings. The maximum atomic E-state index is 13.5. The van der Waals surface area contributed by atoms with Crippen LogP contribution in [0.3, 0.4) is 0 Å². The van der Waals surface area contributed by atoms with E-state index < -0.39 is 21.4 Å². The summed E-state index contributed by atoms with van der Waals surface area (Å²) in [4.78, 5) is 12.7. The van der Waals surface area contributed by atoms with Gasteiger partial charge in [-0.15, -0.1) is 0 Å². The van der Waals surface area contributed by atoms with Gasteiger partial charge in [0, 0.05) is 17.5 Å². The summed E-state index contributed by atoms with van der Waals surface area (Å²) in [7, 11) is -2.92. The zero-order valence-corrected chi connectivity index (χ0v) is 17.2. The van der Waals surface area contributed by atoms with Crippen LogP contribution in [0.5, 0.6) is 5.75 Å². The third kappa shape index (κ3) is 3.36. The summed E-state index contributed by atoms with van der Waals surface area (Å²) < 4.78 is 46.1. The Morgan fingerprint density at radius 1 is 0.967 bits per heavy atom. The molecule has 4 rings (SSSR count). The van der Waals surface area contributed by atoms with E-state index >= 15 is 0 Å². The van der Waals surface area contributed by atoms with Gasteiger partial charge in [0.05, 0.1) is 22.5 Å². The van der Waals surface area contributed by atoms with E-state index in [9.17, 15) is 17.6 Å². The Bertz CT molecular complexity index is 1430. The van der Waals surface area contributed by atoms with E-state index in [4.69, 9.17) is 16.3 Å². The lowest BCUT2D eigenvalue weighted by Crippen LogP contribution is -2.27. The summed E-state index contributed by atoms with van der Waals surface area (Å²) in [6, 6.07) is 18.3. The second kappa shape index (κ2) is 7.59. The summed E-state index contributed by atoms with van der Waals surface area (Å²) in [5.74, 6) is -0.373. The van der Waals surface area contributed by atoms with Crippen LogP contribution < -0.4 is 10.3 Å². The van der Waals surface area contributed by atoms with E-state index in [2.05, 4.69) is 0 Å². The second-order valence-electron chi connectivity index (χ2n) is 6.49. The lowest BCUT2D eigenvalue weighted by molar-refractivity contribution is 0.415. The van der Waals surface area contributed by atoms with Gasteiger partial charge < -0.3 is 4.74 Å². The SMILES string of the molecule is COc1ccc2c(-c3ccccc3)cc(=O)n(S(=O)(=O)c3ccc(F)c(Cl)c3)c2c1. The Morgan fingerprint density at radius 3 is 2.37 bits per heavy atom. The second-order valence-corrected chi connectivity index (χ2v) is 8.68. The molecular formula is C22H15ClFNO4S. The number of halogens is 2. The first-order valence-electron chi connectivity index (χ1n) is 8.83. The van der Waals surface area contributed by atoms with E-state index in [1.165, 1.54) is 19.2 Å². The molecule has 0 aliphatic heterocycles. The zero-order chi connectivity index (χ0) is 21.5. The predicted octanol–water partition coefficient (Wildman–Crippen LogP) is 4.71. The molecule has 1 heterocycles. The van der Waals surface area contributed by atoms with Crippen LogP contribution in [-0.2, 0) is 10.0 Å². The van der Waals surface area contributed by atoms with Crippen LogP contribution in [0.15, 0.2) is 82.5 Å². The van der Waals surface area contributed by atoms with E-state index in [-0.39, 0.29) is 15.4 Å². The number of nitrogens with zero attached hydrogens (tertiary/aromatic N) is 1. The molecule has 3 aromatic carbocycles. The molecule has 8 heteroatoms. The molecule has 30 heavy (non-hydrogen) atoms. The average Bonchev–Trinajstić information content (AvgIpc) is 2.74. The molecule has 0 radical (unpaired) electrons. The molecule has 0 saturated carbocycles. The van der Waals surface area contributed by atoms with Crippen molar-refractivity contribution in [3.63, 3.8) is 0 Å². The number of pyridine rings is 1. The highest BCUT2D eigenvalue weighted by atomic mass is 35.5. The highest BCUT2D eigenvalue weighted by Crippen LogP contribution is 2.31. The van der Waals surface area contributed by atoms with Crippen LogP contribution in [-0.4, -0.2) is 19.5 Å². The summed E-state index contributed by atoms with van der Waals surface area (Å²) in [6.45, 7) is 0. The smallest absolute Gasteiger partial charge is 0.271 e. The van der Waals surface area contributed by atoms with Gasteiger partial charge in [0.15, 0.2) is 0 Å². The van der Waals surface area contributed by atoms with Crippen molar-refractivity contribution < 1.29 is 17.5 Å². The van der Waals surface area contributed by atoms with Crippen LogP contribution in [0.4, 0.5) is 4.39 Å². The minimum atomic E-state index is -4.36. The van der Waals surface area contributed by atoms with E-state index in [1.54, 1.807) is 12.1 Å². The molecule has 1 aromatic heterocycles. The summed E-state index contributed by atoms with van der Waals surface area (Å²) in [5, 5.41) is 0.185. The Kier molecular flexibility index (Phi) is 5.09. The number of benzene rings is 3. The number of methoxy groups -OCH3 is 1. The molecule has 0 bridgehead atoms. The van der Waals surface area contributed by atoms with Crippen LogP contribution >= 0.6 is 11.6 Å². The van der Waals surface area contributed by atoms with Gasteiger partial charge in [0.25, 0.3) is 15.6 Å². The van der Waals surface area contributed by atoms with Gasteiger partial charge in [-0.2, -0.15) is 3.97 Å². The van der Waals surface area contributed by atoms with Crippen LogP contribution in [0.1, 0.15) is 0 Å². The number of hydrogen-bond acceptors (Lipinski definition) is 4. The molecular weight excluding hydrogens is 429 g/mol. The van der Waals surface area contributed by atoms with Gasteiger partial charge in [-0.05, 0) is 41.5 Å². The maximum Gasteiger partial charge on any atom is 0.271 e. The highest BCUT2D eigenvalue weighted by molar-refractivity contribution is 7.90. The first-order valence-corrected chi connectivity index (χ1v) is 10.6. The Labute approximate surface area is 177 Å². The molecule has 5 nitrogen and oxygen atoms in total. The molecule has 0 atom stereocenters. The zero-order valence-electron chi connectivity index (χ0n) is 15.7. The molecule has 0 saturated heterocycles. The van der Waals surface area contributed by atoms with Crippen LogP contribution in [0.25, 0.3) is 22.0 Å². The molecule has 0 aliphatic carbocycles. The normalized spacial score (nSPS) is 11.6. The minimum absolute atomic E-state index is 0.140. The third-order valence-corrected chi connectivity index (χ3v) is 6.69. The maximum absolute atomic E-state index is 13.5. The van der Waals surface area contributed by atoms with Crippen LogP contribution in [0.2, 0.25) is 5.02 Å². The van der Waals surface area contributed by atoms with Crippen molar-refractivity contribution in [1.29, 1.82) is 0 Å². The predicted molar refractivity (Wildman–Crippen MR) is 114 cm³/mol. The molecule has 0 N–H and O–H groups in total. The van der Waals surface area contributed by atoms with Crippen molar-refractivity contribution in [2.45, 2.75) is 4.90 Å². The fraction of sp³-hybridized carbons (Fsp3) is 0.0455. The van der Waals surface area contributed by atoms with Crippen LogP contribution in [0, 0.1) is 5.82 Å². The monoisotopic (exact) mass is 443 g/mol. The number of hydrogen-bond donors (Lipinski definition) is 0. The van der Waals surface area contributed by atoms with Crippen molar-refractivity contribution in [2.24, 2.45) is 0 Å². The lowest BCUT2D eigenvalue weighted by Gasteiger charge is -2.15. The first-order chi connectivity index (χ1) is 14.3. The highest BCUT2D eigenvalue weighted by Gasteiger charge is 2.24. The largest absolute Gasteiger partial charge is 0.497 e. The molecule has 0 amide bonds. The quantitative estimate of drug-likeness (QED) is 0.458. The standard InChI is InChI=1S/C22H15ClFNO4S/c1-29-15-7-9-17-18(14-5-3-2-4-6-14)13-22(26)25(21(17)11-15)30(27,28)16-8-10-20(24)19(23)12-16/h2-13H,1H3. The first kappa shape index (κ1) is 20.1. The fourth-order valence-corrected chi connectivity index (χ4v) is 4.92. The van der Waals surface area contributed by atoms with Gasteiger partial charge in [0.2, 0.25) is 0 Å². The Hall–Kier alpha value is -3.16. The molecule has 0 aliphatic rings. The van der Waals surface area contributed by atoms with Gasteiger partial charge in [-0.25, -0.2) is 12.8 Å². The topological polar surface area (TPSA) is 65.4 Å². The Balaban J connectivity index is 2.09. The lowest BCUT2D eigenvalue weighted by atomic mass is 10.0. The van der Waals surface area contributed by atoms with E-state index in [1.807, 2.05) is 30.3 Å². The van der Waals surface area contributed by atoms with Crippen molar-refractivity contribution in [3.05, 3.63) is 94.0 Å². The van der Waals surface area contributed by atoms with Crippen molar-refractivity contribution in [2.75, 3.05) is 7.11 Å². The molecule has 0 fully saturated rings. The Morgan fingerprint density at radius 2 is 1.70 bits per heavy atom. The van der Waals surface area contributed by atoms with Gasteiger partial charge >= 0.3 is 0 Å². The summed E-state index contributed by atoms with van der Waals surface area (Å²) in [6.07, 6.45) is 0. The number of fused-ring (bicyclic) bond motifs is 1.